The fourth-order valence-electron chi connectivity index (χ4n) is 2.01. The van der Waals surface area contributed by atoms with Crippen LogP contribution >= 0.6 is 0 Å². The standard InChI is InChI=1S/C13H27N3O3/c1-9(2)8-13(3,15)12(19)16-10(11(17)18)6-4-5-7-14/h9-10H,4-8,14-15H2,1-3H3,(H,16,19)(H,17,18)/t10-,13-/m0/s1. The van der Waals surface area contributed by atoms with Crippen LogP contribution in [0, 0.1) is 5.92 Å². The van der Waals surface area contributed by atoms with E-state index < -0.39 is 23.5 Å². The number of carbonyl (C=O) groups is 2. The van der Waals surface area contributed by atoms with Gasteiger partial charge in [-0.15, -0.1) is 0 Å². The fourth-order valence-corrected chi connectivity index (χ4v) is 2.01. The number of carboxylic acid groups (broad SMARTS) is 1. The molecule has 0 spiro atoms. The van der Waals surface area contributed by atoms with Crippen LogP contribution in [-0.4, -0.2) is 35.1 Å². The average Bonchev–Trinajstić information content (AvgIpc) is 2.25. The zero-order valence-corrected chi connectivity index (χ0v) is 12.1. The van der Waals surface area contributed by atoms with Gasteiger partial charge < -0.3 is 21.9 Å². The van der Waals surface area contributed by atoms with Gasteiger partial charge in [-0.2, -0.15) is 0 Å². The third-order valence-corrected chi connectivity index (χ3v) is 2.90. The second-order valence-corrected chi connectivity index (χ2v) is 5.66. The monoisotopic (exact) mass is 273 g/mol. The predicted molar refractivity (Wildman–Crippen MR) is 74.5 cm³/mol. The van der Waals surface area contributed by atoms with Crippen molar-refractivity contribution in [1.82, 2.24) is 5.32 Å². The molecule has 0 radical (unpaired) electrons. The first-order valence-corrected chi connectivity index (χ1v) is 6.73. The molecule has 0 rings (SSSR count). The minimum Gasteiger partial charge on any atom is -0.480 e. The summed E-state index contributed by atoms with van der Waals surface area (Å²) in [5, 5.41) is 11.6. The molecular formula is C13H27N3O3. The van der Waals surface area contributed by atoms with Gasteiger partial charge in [0.1, 0.15) is 6.04 Å². The first kappa shape index (κ1) is 17.9. The first-order valence-electron chi connectivity index (χ1n) is 6.73. The molecule has 0 aliphatic heterocycles. The number of aliphatic carboxylic acids is 1. The molecule has 2 atom stereocenters. The predicted octanol–water partition coefficient (Wildman–Crippen LogP) is 0.448. The van der Waals surface area contributed by atoms with E-state index in [0.717, 1.165) is 6.42 Å². The third kappa shape index (κ3) is 7.12. The Labute approximate surface area is 114 Å². The molecule has 1 amide bonds. The van der Waals surface area contributed by atoms with Crippen LogP contribution in [0.1, 0.15) is 46.5 Å². The summed E-state index contributed by atoms with van der Waals surface area (Å²) in [7, 11) is 0. The van der Waals surface area contributed by atoms with Gasteiger partial charge in [0, 0.05) is 0 Å². The molecule has 0 aromatic carbocycles. The van der Waals surface area contributed by atoms with Gasteiger partial charge in [0.15, 0.2) is 0 Å². The van der Waals surface area contributed by atoms with Gasteiger partial charge in [0.05, 0.1) is 5.54 Å². The van der Waals surface area contributed by atoms with Gasteiger partial charge in [0.2, 0.25) is 5.91 Å². The SMILES string of the molecule is CC(C)C[C@](C)(N)C(=O)N[C@@H](CCCCN)C(=O)O. The minimum absolute atomic E-state index is 0.265. The van der Waals surface area contributed by atoms with Crippen molar-refractivity contribution in [2.75, 3.05) is 6.54 Å². The summed E-state index contributed by atoms with van der Waals surface area (Å²) in [6.45, 7) is 6.08. The van der Waals surface area contributed by atoms with Crippen LogP contribution in [0.4, 0.5) is 0 Å². The Morgan fingerprint density at radius 1 is 1.32 bits per heavy atom. The molecule has 0 aromatic heterocycles. The Morgan fingerprint density at radius 2 is 1.89 bits per heavy atom. The summed E-state index contributed by atoms with van der Waals surface area (Å²) >= 11 is 0. The van der Waals surface area contributed by atoms with Crippen molar-refractivity contribution in [2.45, 2.75) is 58.0 Å². The van der Waals surface area contributed by atoms with Gasteiger partial charge in [-0.3, -0.25) is 4.79 Å². The topological polar surface area (TPSA) is 118 Å². The van der Waals surface area contributed by atoms with E-state index in [1.807, 2.05) is 13.8 Å². The van der Waals surface area contributed by atoms with Crippen molar-refractivity contribution in [3.8, 4) is 0 Å². The third-order valence-electron chi connectivity index (χ3n) is 2.90. The van der Waals surface area contributed by atoms with Crippen molar-refractivity contribution in [3.05, 3.63) is 0 Å². The van der Waals surface area contributed by atoms with E-state index in [-0.39, 0.29) is 5.92 Å². The summed E-state index contributed by atoms with van der Waals surface area (Å²) in [6, 6.07) is -0.894. The van der Waals surface area contributed by atoms with Crippen LogP contribution in [0.2, 0.25) is 0 Å². The van der Waals surface area contributed by atoms with E-state index in [2.05, 4.69) is 5.32 Å². The van der Waals surface area contributed by atoms with Gasteiger partial charge in [-0.25, -0.2) is 4.79 Å². The van der Waals surface area contributed by atoms with Crippen LogP contribution < -0.4 is 16.8 Å². The maximum absolute atomic E-state index is 12.0. The lowest BCUT2D eigenvalue weighted by atomic mass is 9.90. The van der Waals surface area contributed by atoms with Gasteiger partial charge in [0.25, 0.3) is 0 Å². The normalized spacial score (nSPS) is 15.9. The Hall–Kier alpha value is -1.14. The van der Waals surface area contributed by atoms with E-state index in [1.54, 1.807) is 6.92 Å². The molecule has 0 bridgehead atoms. The quantitative estimate of drug-likeness (QED) is 0.455. The molecule has 6 N–H and O–H groups in total. The number of hydrogen-bond acceptors (Lipinski definition) is 4. The number of nitrogens with two attached hydrogens (primary N) is 2. The first-order chi connectivity index (χ1) is 8.70. The average molecular weight is 273 g/mol. The van der Waals surface area contributed by atoms with E-state index in [4.69, 9.17) is 16.6 Å². The van der Waals surface area contributed by atoms with Crippen LogP contribution in [0.5, 0.6) is 0 Å². The van der Waals surface area contributed by atoms with E-state index >= 15 is 0 Å². The second-order valence-electron chi connectivity index (χ2n) is 5.66. The Kier molecular flexibility index (Phi) is 7.63. The van der Waals surface area contributed by atoms with Gasteiger partial charge in [-0.05, 0) is 45.1 Å². The number of carbonyl (C=O) groups excluding carboxylic acids is 1. The molecule has 0 saturated carbocycles. The lowest BCUT2D eigenvalue weighted by molar-refractivity contribution is -0.143. The molecule has 0 saturated heterocycles. The Balaban J connectivity index is 4.49. The van der Waals surface area contributed by atoms with Gasteiger partial charge in [-0.1, -0.05) is 13.8 Å². The molecule has 0 aromatic rings. The van der Waals surface area contributed by atoms with Crippen molar-refractivity contribution in [1.29, 1.82) is 0 Å². The van der Waals surface area contributed by atoms with Crippen LogP contribution in [0.15, 0.2) is 0 Å². The molecule has 0 heterocycles. The molecule has 19 heavy (non-hydrogen) atoms. The largest absolute Gasteiger partial charge is 0.480 e. The Bertz CT molecular complexity index is 304. The van der Waals surface area contributed by atoms with Crippen molar-refractivity contribution >= 4 is 11.9 Å². The summed E-state index contributed by atoms with van der Waals surface area (Å²) in [5.74, 6) is -1.19. The molecule has 6 nitrogen and oxygen atoms in total. The maximum Gasteiger partial charge on any atom is 0.326 e. The molecule has 0 aliphatic rings. The molecular weight excluding hydrogens is 246 g/mol. The highest BCUT2D eigenvalue weighted by Crippen LogP contribution is 2.14. The molecule has 112 valence electrons. The second kappa shape index (κ2) is 8.12. The fraction of sp³-hybridized carbons (Fsp3) is 0.846. The Morgan fingerprint density at radius 3 is 2.32 bits per heavy atom. The van der Waals surface area contributed by atoms with Crippen molar-refractivity contribution in [2.24, 2.45) is 17.4 Å². The molecule has 6 heteroatoms. The smallest absolute Gasteiger partial charge is 0.326 e. The maximum atomic E-state index is 12.0. The summed E-state index contributed by atoms with van der Waals surface area (Å²) in [6.07, 6.45) is 2.29. The van der Waals surface area contributed by atoms with Crippen LogP contribution in [-0.2, 0) is 9.59 Å². The minimum atomic E-state index is -1.05. The van der Waals surface area contributed by atoms with E-state index in [9.17, 15) is 9.59 Å². The lowest BCUT2D eigenvalue weighted by Crippen LogP contribution is -2.56. The number of rotatable bonds is 9. The number of nitrogens with one attached hydrogen (secondary N) is 1. The summed E-state index contributed by atoms with van der Waals surface area (Å²) < 4.78 is 0. The van der Waals surface area contributed by atoms with Crippen LogP contribution in [0.25, 0.3) is 0 Å². The zero-order valence-electron chi connectivity index (χ0n) is 12.1. The molecule has 0 unspecified atom stereocenters. The van der Waals surface area contributed by atoms with Crippen molar-refractivity contribution < 1.29 is 14.7 Å². The summed E-state index contributed by atoms with van der Waals surface area (Å²) in [4.78, 5) is 23.1. The number of carboxylic acids is 1. The highest BCUT2D eigenvalue weighted by atomic mass is 16.4. The van der Waals surface area contributed by atoms with Gasteiger partial charge >= 0.3 is 5.97 Å². The van der Waals surface area contributed by atoms with E-state index in [1.165, 1.54) is 0 Å². The molecule has 0 fully saturated rings. The lowest BCUT2D eigenvalue weighted by Gasteiger charge is -2.27. The molecule has 0 aliphatic carbocycles. The number of hydrogen-bond donors (Lipinski definition) is 4. The number of unbranched alkanes of at least 4 members (excludes halogenated alkanes) is 1. The number of amides is 1. The van der Waals surface area contributed by atoms with Crippen molar-refractivity contribution in [3.63, 3.8) is 0 Å². The highest BCUT2D eigenvalue weighted by molar-refractivity contribution is 5.89. The summed E-state index contributed by atoms with van der Waals surface area (Å²) in [5.41, 5.74) is 10.3. The highest BCUT2D eigenvalue weighted by Gasteiger charge is 2.32. The van der Waals surface area contributed by atoms with E-state index in [0.29, 0.717) is 25.8 Å². The van der Waals surface area contributed by atoms with Crippen LogP contribution in [0.3, 0.4) is 0 Å². The zero-order chi connectivity index (χ0) is 15.1.